The summed E-state index contributed by atoms with van der Waals surface area (Å²) in [7, 11) is 0. The van der Waals surface area contributed by atoms with Gasteiger partial charge in [0.15, 0.2) is 0 Å². The molecule has 3 amide bonds. The Bertz CT molecular complexity index is 515. The predicted octanol–water partition coefficient (Wildman–Crippen LogP) is -4.01. The van der Waals surface area contributed by atoms with Crippen molar-refractivity contribution in [2.24, 2.45) is 11.5 Å². The molecule has 4 atom stereocenters. The van der Waals surface area contributed by atoms with E-state index in [9.17, 15) is 34.5 Å². The van der Waals surface area contributed by atoms with Crippen LogP contribution in [0, 0.1) is 0 Å². The molecule has 156 valence electrons. The third-order valence-corrected chi connectivity index (χ3v) is 3.64. The number of unbranched alkanes of at least 4 members (excludes halogenated alkanes) is 1. The average molecular weight is 391 g/mol. The van der Waals surface area contributed by atoms with E-state index in [0.717, 1.165) is 0 Å². The normalized spacial score (nSPS) is 15.1. The van der Waals surface area contributed by atoms with E-state index in [4.69, 9.17) is 11.5 Å². The van der Waals surface area contributed by atoms with Gasteiger partial charge >= 0.3 is 5.97 Å². The fraction of sp³-hybridized carbons (Fsp3) is 0.733. The maximum atomic E-state index is 12.3. The van der Waals surface area contributed by atoms with Crippen LogP contribution in [0.25, 0.3) is 0 Å². The number of nitrogens with two attached hydrogens (primary N) is 2. The van der Waals surface area contributed by atoms with Crippen molar-refractivity contribution in [1.82, 2.24) is 16.0 Å². The van der Waals surface area contributed by atoms with Crippen LogP contribution in [0.5, 0.6) is 0 Å². The van der Waals surface area contributed by atoms with Gasteiger partial charge in [-0.3, -0.25) is 14.4 Å². The molecule has 0 aliphatic rings. The number of hydrogen-bond donors (Lipinski definition) is 8. The van der Waals surface area contributed by atoms with Crippen molar-refractivity contribution in [3.63, 3.8) is 0 Å². The minimum Gasteiger partial charge on any atom is -0.480 e. The molecule has 0 aliphatic heterocycles. The zero-order valence-corrected chi connectivity index (χ0v) is 15.2. The van der Waals surface area contributed by atoms with Gasteiger partial charge in [-0.2, -0.15) is 0 Å². The van der Waals surface area contributed by atoms with Crippen molar-refractivity contribution in [2.45, 2.75) is 50.4 Å². The molecule has 0 rings (SSSR count). The number of aliphatic hydroxyl groups excluding tert-OH is 2. The quantitative estimate of drug-likeness (QED) is 0.143. The molecule has 12 heteroatoms. The summed E-state index contributed by atoms with van der Waals surface area (Å²) in [4.78, 5) is 47.0. The SMILES string of the molecule is CC(O)C(NC(=O)C(CO)NC(=O)CN)C(=O)NC(CCCCN)C(=O)O. The molecule has 0 fully saturated rings. The number of aliphatic carboxylic acids is 1. The van der Waals surface area contributed by atoms with E-state index in [0.29, 0.717) is 19.4 Å². The number of rotatable bonds is 13. The summed E-state index contributed by atoms with van der Waals surface area (Å²) in [5.74, 6) is -3.82. The van der Waals surface area contributed by atoms with Gasteiger partial charge in [-0.15, -0.1) is 0 Å². The van der Waals surface area contributed by atoms with Crippen molar-refractivity contribution >= 4 is 23.7 Å². The summed E-state index contributed by atoms with van der Waals surface area (Å²) in [5.41, 5.74) is 10.5. The first-order valence-corrected chi connectivity index (χ1v) is 8.49. The van der Waals surface area contributed by atoms with Crippen LogP contribution in [-0.2, 0) is 19.2 Å². The van der Waals surface area contributed by atoms with Gasteiger partial charge < -0.3 is 42.7 Å². The molecular formula is C15H29N5O7. The van der Waals surface area contributed by atoms with Crippen LogP contribution in [0.1, 0.15) is 26.2 Å². The second-order valence-corrected chi connectivity index (χ2v) is 5.92. The third kappa shape index (κ3) is 9.28. The van der Waals surface area contributed by atoms with Gasteiger partial charge in [-0.1, -0.05) is 0 Å². The van der Waals surface area contributed by atoms with Gasteiger partial charge in [0.05, 0.1) is 19.3 Å². The maximum Gasteiger partial charge on any atom is 0.326 e. The largest absolute Gasteiger partial charge is 0.480 e. The Balaban J connectivity index is 5.02. The highest BCUT2D eigenvalue weighted by atomic mass is 16.4. The molecule has 27 heavy (non-hydrogen) atoms. The lowest BCUT2D eigenvalue weighted by molar-refractivity contribution is -0.143. The summed E-state index contributed by atoms with van der Waals surface area (Å²) < 4.78 is 0. The topological polar surface area (TPSA) is 217 Å². The molecule has 0 aromatic carbocycles. The fourth-order valence-electron chi connectivity index (χ4n) is 2.12. The highest BCUT2D eigenvalue weighted by molar-refractivity contribution is 5.93. The first-order chi connectivity index (χ1) is 12.7. The second-order valence-electron chi connectivity index (χ2n) is 5.92. The lowest BCUT2D eigenvalue weighted by Crippen LogP contribution is -2.60. The third-order valence-electron chi connectivity index (χ3n) is 3.64. The molecule has 10 N–H and O–H groups in total. The van der Waals surface area contributed by atoms with E-state index in [1.807, 2.05) is 0 Å². The number of amides is 3. The Hall–Kier alpha value is -2.28. The van der Waals surface area contributed by atoms with Crippen LogP contribution in [0.4, 0.5) is 0 Å². The van der Waals surface area contributed by atoms with Crippen LogP contribution >= 0.6 is 0 Å². The standard InChI is InChI=1S/C15H29N5O7/c1-8(22)12(20-13(24)10(7-21)18-11(23)6-17)14(25)19-9(15(26)27)4-2-3-5-16/h8-10,12,21-22H,2-7,16-17H2,1H3,(H,18,23)(H,19,25)(H,20,24)(H,26,27). The van der Waals surface area contributed by atoms with E-state index in [1.54, 1.807) is 0 Å². The number of nitrogens with one attached hydrogen (secondary N) is 3. The zero-order valence-electron chi connectivity index (χ0n) is 15.2. The molecule has 0 aromatic rings. The molecule has 0 aliphatic carbocycles. The summed E-state index contributed by atoms with van der Waals surface area (Å²) >= 11 is 0. The highest BCUT2D eigenvalue weighted by Gasteiger charge is 2.31. The molecule has 0 aromatic heterocycles. The summed E-state index contributed by atoms with van der Waals surface area (Å²) in [6, 6.07) is -4.08. The van der Waals surface area contributed by atoms with E-state index in [1.165, 1.54) is 6.92 Å². The average Bonchev–Trinajstić information content (AvgIpc) is 2.62. The number of hydrogen-bond acceptors (Lipinski definition) is 8. The minimum absolute atomic E-state index is 0.130. The molecule has 4 unspecified atom stereocenters. The number of carbonyl (C=O) groups excluding carboxylic acids is 3. The Morgan fingerprint density at radius 2 is 1.59 bits per heavy atom. The van der Waals surface area contributed by atoms with E-state index < -0.39 is 61.1 Å². The van der Waals surface area contributed by atoms with Crippen LogP contribution in [0.15, 0.2) is 0 Å². The van der Waals surface area contributed by atoms with E-state index in [2.05, 4.69) is 16.0 Å². The predicted molar refractivity (Wildman–Crippen MR) is 94.2 cm³/mol. The van der Waals surface area contributed by atoms with Crippen LogP contribution in [0.2, 0.25) is 0 Å². The van der Waals surface area contributed by atoms with Gasteiger partial charge in [-0.05, 0) is 32.7 Å². The van der Waals surface area contributed by atoms with Crippen LogP contribution in [-0.4, -0.2) is 82.9 Å². The summed E-state index contributed by atoms with van der Waals surface area (Å²) in [5, 5.41) is 34.7. The molecule has 12 nitrogen and oxygen atoms in total. The van der Waals surface area contributed by atoms with Crippen LogP contribution < -0.4 is 27.4 Å². The summed E-state index contributed by atoms with van der Waals surface area (Å²) in [6.07, 6.45) is -0.186. The van der Waals surface area contributed by atoms with Gasteiger partial charge in [-0.25, -0.2) is 4.79 Å². The van der Waals surface area contributed by atoms with Crippen molar-refractivity contribution in [2.75, 3.05) is 19.7 Å². The van der Waals surface area contributed by atoms with Gasteiger partial charge in [0.1, 0.15) is 18.1 Å². The lowest BCUT2D eigenvalue weighted by atomic mass is 10.1. The molecule has 0 heterocycles. The first kappa shape index (κ1) is 24.7. The van der Waals surface area contributed by atoms with Gasteiger partial charge in [0, 0.05) is 0 Å². The molecule has 0 radical (unpaired) electrons. The van der Waals surface area contributed by atoms with Crippen molar-refractivity contribution < 1.29 is 34.5 Å². The van der Waals surface area contributed by atoms with E-state index in [-0.39, 0.29) is 6.42 Å². The van der Waals surface area contributed by atoms with Crippen molar-refractivity contribution in [3.05, 3.63) is 0 Å². The molecule has 0 bridgehead atoms. The second kappa shape index (κ2) is 13.0. The van der Waals surface area contributed by atoms with Crippen molar-refractivity contribution in [1.29, 1.82) is 0 Å². The highest BCUT2D eigenvalue weighted by Crippen LogP contribution is 2.03. The van der Waals surface area contributed by atoms with Crippen molar-refractivity contribution in [3.8, 4) is 0 Å². The Labute approximate surface area is 156 Å². The fourth-order valence-corrected chi connectivity index (χ4v) is 2.12. The Morgan fingerprint density at radius 3 is 2.04 bits per heavy atom. The van der Waals surface area contributed by atoms with Crippen LogP contribution in [0.3, 0.4) is 0 Å². The summed E-state index contributed by atoms with van der Waals surface area (Å²) in [6.45, 7) is 0.431. The van der Waals surface area contributed by atoms with E-state index >= 15 is 0 Å². The monoisotopic (exact) mass is 391 g/mol. The molecule has 0 saturated heterocycles. The number of carbonyl (C=O) groups is 4. The molecule has 0 saturated carbocycles. The smallest absolute Gasteiger partial charge is 0.326 e. The number of carboxylic acid groups (broad SMARTS) is 1. The maximum absolute atomic E-state index is 12.3. The number of carboxylic acids is 1. The molecular weight excluding hydrogens is 362 g/mol. The number of aliphatic hydroxyl groups is 2. The lowest BCUT2D eigenvalue weighted by Gasteiger charge is -2.25. The molecule has 0 spiro atoms. The first-order valence-electron chi connectivity index (χ1n) is 8.49. The minimum atomic E-state index is -1.49. The zero-order chi connectivity index (χ0) is 21.0. The Kier molecular flexibility index (Phi) is 11.9. The Morgan fingerprint density at radius 1 is 0.963 bits per heavy atom. The van der Waals surface area contributed by atoms with Gasteiger partial charge in [0.25, 0.3) is 0 Å². The van der Waals surface area contributed by atoms with Gasteiger partial charge in [0.2, 0.25) is 17.7 Å².